The summed E-state index contributed by atoms with van der Waals surface area (Å²) >= 11 is 0. The predicted molar refractivity (Wildman–Crippen MR) is 77.9 cm³/mol. The first kappa shape index (κ1) is 14.8. The third-order valence-electron chi connectivity index (χ3n) is 3.46. The van der Waals surface area contributed by atoms with Crippen molar-refractivity contribution in [2.75, 3.05) is 17.3 Å². The first-order valence-corrected chi connectivity index (χ1v) is 6.78. The van der Waals surface area contributed by atoms with E-state index in [0.29, 0.717) is 11.7 Å². The highest BCUT2D eigenvalue weighted by molar-refractivity contribution is 5.56. The molecule has 0 aliphatic rings. The molecule has 1 N–H and O–H groups in total. The van der Waals surface area contributed by atoms with Crippen LogP contribution in [0.15, 0.2) is 18.2 Å². The molecule has 1 aromatic rings. The van der Waals surface area contributed by atoms with Gasteiger partial charge in [0.2, 0.25) is 0 Å². The van der Waals surface area contributed by atoms with Crippen LogP contribution < -0.4 is 10.2 Å². The van der Waals surface area contributed by atoms with Gasteiger partial charge in [0.05, 0.1) is 5.69 Å². The third-order valence-corrected chi connectivity index (χ3v) is 3.46. The van der Waals surface area contributed by atoms with Crippen molar-refractivity contribution in [1.29, 1.82) is 0 Å². The Morgan fingerprint density at radius 1 is 1.22 bits per heavy atom. The van der Waals surface area contributed by atoms with Crippen LogP contribution in [0, 0.1) is 5.82 Å². The van der Waals surface area contributed by atoms with Gasteiger partial charge in [-0.05, 0) is 44.9 Å². The van der Waals surface area contributed by atoms with E-state index in [9.17, 15) is 4.39 Å². The molecule has 0 bridgehead atoms. The molecular formula is C15H25FN2. The number of halogens is 1. The lowest BCUT2D eigenvalue weighted by Gasteiger charge is -2.25. The minimum atomic E-state index is -0.165. The summed E-state index contributed by atoms with van der Waals surface area (Å²) in [5, 5.41) is 3.36. The highest BCUT2D eigenvalue weighted by atomic mass is 19.1. The van der Waals surface area contributed by atoms with Gasteiger partial charge < -0.3 is 10.2 Å². The van der Waals surface area contributed by atoms with E-state index in [2.05, 4.69) is 33.0 Å². The Bertz CT molecular complexity index is 373. The Morgan fingerprint density at radius 2 is 1.83 bits per heavy atom. The van der Waals surface area contributed by atoms with Crippen molar-refractivity contribution in [1.82, 2.24) is 0 Å². The number of hydrogen-bond acceptors (Lipinski definition) is 2. The Balaban J connectivity index is 2.85. The monoisotopic (exact) mass is 252 g/mol. The molecule has 0 aliphatic heterocycles. The third kappa shape index (κ3) is 3.62. The van der Waals surface area contributed by atoms with Gasteiger partial charge in [-0.2, -0.15) is 0 Å². The summed E-state index contributed by atoms with van der Waals surface area (Å²) in [6, 6.07) is 6.10. The second kappa shape index (κ2) is 6.62. The van der Waals surface area contributed by atoms with Crippen molar-refractivity contribution in [2.45, 2.75) is 52.6 Å². The predicted octanol–water partition coefficient (Wildman–Crippen LogP) is 4.27. The summed E-state index contributed by atoms with van der Waals surface area (Å²) in [6.45, 7) is 8.38. The molecule has 0 radical (unpaired) electrons. The Kier molecular flexibility index (Phi) is 5.45. The highest BCUT2D eigenvalue weighted by Gasteiger charge is 2.11. The molecule has 0 heterocycles. The number of benzene rings is 1. The molecule has 0 fully saturated rings. The normalized spacial score (nSPS) is 11.1. The van der Waals surface area contributed by atoms with Crippen molar-refractivity contribution in [3.8, 4) is 0 Å². The van der Waals surface area contributed by atoms with Crippen LogP contribution >= 0.6 is 0 Å². The fourth-order valence-corrected chi connectivity index (χ4v) is 1.89. The zero-order valence-corrected chi connectivity index (χ0v) is 12.1. The molecule has 1 rings (SSSR count). The van der Waals surface area contributed by atoms with E-state index in [-0.39, 0.29) is 11.9 Å². The van der Waals surface area contributed by atoms with E-state index in [0.717, 1.165) is 18.5 Å². The second-order valence-electron chi connectivity index (χ2n) is 5.03. The number of nitrogens with one attached hydrogen (secondary N) is 1. The lowest BCUT2D eigenvalue weighted by molar-refractivity contribution is 0.612. The van der Waals surface area contributed by atoms with E-state index in [1.165, 1.54) is 0 Å². The van der Waals surface area contributed by atoms with E-state index < -0.39 is 0 Å². The maximum atomic E-state index is 14.0. The van der Waals surface area contributed by atoms with E-state index in [1.54, 1.807) is 6.07 Å². The quantitative estimate of drug-likeness (QED) is 0.813. The van der Waals surface area contributed by atoms with Gasteiger partial charge in [0.1, 0.15) is 5.82 Å². The molecule has 1 aromatic carbocycles. The molecule has 0 unspecified atom stereocenters. The van der Waals surface area contributed by atoms with Crippen molar-refractivity contribution in [2.24, 2.45) is 0 Å². The fourth-order valence-electron chi connectivity index (χ4n) is 1.89. The number of nitrogens with zero attached hydrogens (tertiary/aromatic N) is 1. The number of anilines is 2. The Labute approximate surface area is 110 Å². The smallest absolute Gasteiger partial charge is 0.148 e. The molecule has 0 amide bonds. The molecule has 0 aliphatic carbocycles. The first-order valence-electron chi connectivity index (χ1n) is 6.78. The van der Waals surface area contributed by atoms with E-state index >= 15 is 0 Å². The minimum absolute atomic E-state index is 0.165. The summed E-state index contributed by atoms with van der Waals surface area (Å²) in [5.41, 5.74) is 1.52. The van der Waals surface area contributed by atoms with Gasteiger partial charge in [0, 0.05) is 24.8 Å². The van der Waals surface area contributed by atoms with Crippen molar-refractivity contribution in [3.63, 3.8) is 0 Å². The van der Waals surface area contributed by atoms with Gasteiger partial charge in [-0.25, -0.2) is 4.39 Å². The first-order chi connectivity index (χ1) is 8.49. The van der Waals surface area contributed by atoms with Gasteiger partial charge in [0.25, 0.3) is 0 Å². The summed E-state index contributed by atoms with van der Waals surface area (Å²) < 4.78 is 14.0. The maximum Gasteiger partial charge on any atom is 0.148 e. The molecule has 0 aromatic heterocycles. The van der Waals surface area contributed by atoms with Crippen molar-refractivity contribution < 1.29 is 4.39 Å². The molecule has 2 nitrogen and oxygen atoms in total. The molecule has 18 heavy (non-hydrogen) atoms. The van der Waals surface area contributed by atoms with Crippen molar-refractivity contribution >= 4 is 11.4 Å². The highest BCUT2D eigenvalue weighted by Crippen LogP contribution is 2.24. The van der Waals surface area contributed by atoms with Crippen LogP contribution in [0.3, 0.4) is 0 Å². The van der Waals surface area contributed by atoms with Crippen LogP contribution in [-0.4, -0.2) is 19.1 Å². The second-order valence-corrected chi connectivity index (χ2v) is 5.03. The summed E-state index contributed by atoms with van der Waals surface area (Å²) in [5.74, 6) is -0.165. The van der Waals surface area contributed by atoms with Gasteiger partial charge >= 0.3 is 0 Å². The van der Waals surface area contributed by atoms with Crippen LogP contribution in [0.4, 0.5) is 15.8 Å². The lowest BCUT2D eigenvalue weighted by atomic mass is 10.1. The van der Waals surface area contributed by atoms with Crippen LogP contribution in [0.25, 0.3) is 0 Å². The topological polar surface area (TPSA) is 15.3 Å². The zero-order valence-electron chi connectivity index (χ0n) is 12.1. The molecule has 0 saturated heterocycles. The standard InChI is InChI=1S/C15H25FN2/c1-6-12(7-2)17-13-8-9-15(14(16)10-13)18(5)11(3)4/h8-12,17H,6-7H2,1-5H3. The maximum absolute atomic E-state index is 14.0. The van der Waals surface area contributed by atoms with Gasteiger partial charge in [-0.1, -0.05) is 13.8 Å². The van der Waals surface area contributed by atoms with Gasteiger partial charge in [-0.15, -0.1) is 0 Å². The average molecular weight is 252 g/mol. The molecule has 0 saturated carbocycles. The number of hydrogen-bond donors (Lipinski definition) is 1. The largest absolute Gasteiger partial charge is 0.382 e. The van der Waals surface area contributed by atoms with Crippen LogP contribution in [0.5, 0.6) is 0 Å². The van der Waals surface area contributed by atoms with Crippen LogP contribution in [0.2, 0.25) is 0 Å². The minimum Gasteiger partial charge on any atom is -0.382 e. The number of rotatable bonds is 6. The summed E-state index contributed by atoms with van der Waals surface area (Å²) in [4.78, 5) is 1.94. The van der Waals surface area contributed by atoms with Crippen LogP contribution in [0.1, 0.15) is 40.5 Å². The molecule has 0 spiro atoms. The van der Waals surface area contributed by atoms with E-state index in [1.807, 2.05) is 24.1 Å². The van der Waals surface area contributed by atoms with Crippen LogP contribution in [-0.2, 0) is 0 Å². The summed E-state index contributed by atoms with van der Waals surface area (Å²) in [7, 11) is 1.91. The van der Waals surface area contributed by atoms with Gasteiger partial charge in [-0.3, -0.25) is 0 Å². The Morgan fingerprint density at radius 3 is 2.28 bits per heavy atom. The average Bonchev–Trinajstić information content (AvgIpc) is 2.35. The summed E-state index contributed by atoms with van der Waals surface area (Å²) in [6.07, 6.45) is 2.09. The van der Waals surface area contributed by atoms with E-state index in [4.69, 9.17) is 0 Å². The Hall–Kier alpha value is -1.25. The fraction of sp³-hybridized carbons (Fsp3) is 0.600. The van der Waals surface area contributed by atoms with Gasteiger partial charge in [0.15, 0.2) is 0 Å². The molecular weight excluding hydrogens is 227 g/mol. The lowest BCUT2D eigenvalue weighted by Crippen LogP contribution is -2.26. The molecule has 3 heteroatoms. The zero-order chi connectivity index (χ0) is 13.7. The SMILES string of the molecule is CCC(CC)Nc1ccc(N(C)C(C)C)c(F)c1. The molecule has 0 atom stereocenters. The molecule has 102 valence electrons. The van der Waals surface area contributed by atoms with Crippen molar-refractivity contribution in [3.05, 3.63) is 24.0 Å².